The molecule has 0 bridgehead atoms. The first kappa shape index (κ1) is 17.3. The van der Waals surface area contributed by atoms with E-state index in [0.29, 0.717) is 18.4 Å². The first-order chi connectivity index (χ1) is 10.8. The highest BCUT2D eigenvalue weighted by molar-refractivity contribution is 5.91. The molecular weight excluding hydrogens is 311 g/mol. The van der Waals surface area contributed by atoms with Crippen LogP contribution >= 0.6 is 0 Å². The van der Waals surface area contributed by atoms with Crippen molar-refractivity contribution in [2.75, 3.05) is 0 Å². The minimum Gasteiger partial charge on any atom is -0.480 e. The Morgan fingerprint density at radius 2 is 1.91 bits per heavy atom. The fourth-order valence-corrected chi connectivity index (χ4v) is 3.11. The van der Waals surface area contributed by atoms with E-state index in [1.807, 2.05) is 0 Å². The van der Waals surface area contributed by atoms with E-state index in [9.17, 15) is 22.8 Å². The molecule has 2 rings (SSSR count). The molecule has 0 aromatic heterocycles. The molecule has 1 unspecified atom stereocenters. The number of carbonyl (C=O) groups excluding carboxylic acids is 1. The second kappa shape index (κ2) is 7.02. The van der Waals surface area contributed by atoms with Crippen molar-refractivity contribution in [2.24, 2.45) is 0 Å². The largest absolute Gasteiger partial charge is 0.480 e. The number of halogens is 3. The van der Waals surface area contributed by atoms with Gasteiger partial charge in [0.25, 0.3) is 0 Å². The summed E-state index contributed by atoms with van der Waals surface area (Å²) in [5.74, 6) is -2.64. The molecule has 0 spiro atoms. The molecule has 126 valence electrons. The number of aliphatic carboxylic acids is 1. The lowest BCUT2D eigenvalue weighted by molar-refractivity contribution is -0.144. The predicted octanol–water partition coefficient (Wildman–Crippen LogP) is 2.86. The van der Waals surface area contributed by atoms with Gasteiger partial charge in [0.15, 0.2) is 0 Å². The molecule has 1 saturated carbocycles. The van der Waals surface area contributed by atoms with Crippen LogP contribution in [0.1, 0.15) is 37.7 Å². The standard InChI is InChI=1S/C16H18F3NO3/c17-11-5-3-4-10(8-11)16(6-1-2-7-16)15(23)20-12(14(21)22)9-13(18)19/h3-5,8,12-13H,1-2,6-7,9H2,(H,20,23)(H,21,22). The number of alkyl halides is 2. The molecule has 4 nitrogen and oxygen atoms in total. The molecule has 1 aromatic carbocycles. The van der Waals surface area contributed by atoms with E-state index in [1.54, 1.807) is 6.07 Å². The van der Waals surface area contributed by atoms with Crippen molar-refractivity contribution in [1.82, 2.24) is 5.32 Å². The summed E-state index contributed by atoms with van der Waals surface area (Å²) in [6.07, 6.45) is -1.47. The van der Waals surface area contributed by atoms with Crippen molar-refractivity contribution < 1.29 is 27.9 Å². The smallest absolute Gasteiger partial charge is 0.326 e. The van der Waals surface area contributed by atoms with E-state index in [-0.39, 0.29) is 0 Å². The Kier molecular flexibility index (Phi) is 5.28. The molecule has 0 heterocycles. The maximum atomic E-state index is 13.5. The lowest BCUT2D eigenvalue weighted by Crippen LogP contribution is -2.50. The third-order valence-electron chi connectivity index (χ3n) is 4.29. The zero-order chi connectivity index (χ0) is 17.0. The summed E-state index contributed by atoms with van der Waals surface area (Å²) in [7, 11) is 0. The van der Waals surface area contributed by atoms with E-state index in [1.165, 1.54) is 18.2 Å². The molecule has 0 saturated heterocycles. The van der Waals surface area contributed by atoms with Crippen molar-refractivity contribution in [3.8, 4) is 0 Å². The summed E-state index contributed by atoms with van der Waals surface area (Å²) >= 11 is 0. The van der Waals surface area contributed by atoms with Gasteiger partial charge in [-0.15, -0.1) is 0 Å². The molecule has 23 heavy (non-hydrogen) atoms. The maximum absolute atomic E-state index is 13.5. The van der Waals surface area contributed by atoms with Gasteiger partial charge in [-0.25, -0.2) is 18.0 Å². The molecule has 1 aliphatic carbocycles. The number of nitrogens with one attached hydrogen (secondary N) is 1. The molecule has 1 fully saturated rings. The number of hydrogen-bond acceptors (Lipinski definition) is 2. The first-order valence-electron chi connectivity index (χ1n) is 7.43. The number of carboxylic acids is 1. The van der Waals surface area contributed by atoms with Gasteiger partial charge in [0.1, 0.15) is 11.9 Å². The number of carboxylic acid groups (broad SMARTS) is 1. The number of carbonyl (C=O) groups is 2. The number of rotatable bonds is 6. The van der Waals surface area contributed by atoms with Crippen molar-refractivity contribution in [2.45, 2.75) is 50.0 Å². The minimum atomic E-state index is -2.84. The lowest BCUT2D eigenvalue weighted by Gasteiger charge is -2.30. The van der Waals surface area contributed by atoms with Crippen LogP contribution in [0.25, 0.3) is 0 Å². The lowest BCUT2D eigenvalue weighted by atomic mass is 9.77. The molecule has 1 atom stereocenters. The van der Waals surface area contributed by atoms with E-state index >= 15 is 0 Å². The van der Waals surface area contributed by atoms with Crippen LogP contribution in [0.3, 0.4) is 0 Å². The van der Waals surface area contributed by atoms with E-state index in [4.69, 9.17) is 5.11 Å². The van der Waals surface area contributed by atoms with E-state index in [2.05, 4.69) is 5.32 Å². The highest BCUT2D eigenvalue weighted by Gasteiger charge is 2.44. The zero-order valence-electron chi connectivity index (χ0n) is 12.4. The van der Waals surface area contributed by atoms with Crippen LogP contribution < -0.4 is 5.32 Å². The van der Waals surface area contributed by atoms with Crippen molar-refractivity contribution in [3.63, 3.8) is 0 Å². The van der Waals surface area contributed by atoms with Crippen LogP contribution in [0, 0.1) is 5.82 Å². The predicted molar refractivity (Wildman–Crippen MR) is 76.7 cm³/mol. The van der Waals surface area contributed by atoms with E-state index in [0.717, 1.165) is 12.8 Å². The Morgan fingerprint density at radius 1 is 1.26 bits per heavy atom. The topological polar surface area (TPSA) is 66.4 Å². The van der Waals surface area contributed by atoms with Gasteiger partial charge in [0, 0.05) is 6.42 Å². The number of amides is 1. The Bertz CT molecular complexity index is 586. The quantitative estimate of drug-likeness (QED) is 0.843. The summed E-state index contributed by atoms with van der Waals surface area (Å²) in [6.45, 7) is 0. The molecule has 0 aliphatic heterocycles. The highest BCUT2D eigenvalue weighted by Crippen LogP contribution is 2.41. The highest BCUT2D eigenvalue weighted by atomic mass is 19.3. The molecule has 1 aliphatic rings. The Labute approximate surface area is 131 Å². The summed E-state index contributed by atoms with van der Waals surface area (Å²) in [4.78, 5) is 23.7. The maximum Gasteiger partial charge on any atom is 0.326 e. The molecule has 1 aromatic rings. The average molecular weight is 329 g/mol. The fourth-order valence-electron chi connectivity index (χ4n) is 3.11. The normalized spacial score (nSPS) is 17.9. The monoisotopic (exact) mass is 329 g/mol. The molecule has 0 radical (unpaired) electrons. The van der Waals surface area contributed by atoms with Crippen LogP contribution in [-0.4, -0.2) is 29.5 Å². The fraction of sp³-hybridized carbons (Fsp3) is 0.500. The Hall–Kier alpha value is -2.05. The Balaban J connectivity index is 2.26. The Morgan fingerprint density at radius 3 is 2.43 bits per heavy atom. The van der Waals surface area contributed by atoms with Crippen LogP contribution in [0.15, 0.2) is 24.3 Å². The average Bonchev–Trinajstić information content (AvgIpc) is 2.96. The van der Waals surface area contributed by atoms with Crippen LogP contribution in [-0.2, 0) is 15.0 Å². The summed E-state index contributed by atoms with van der Waals surface area (Å²) < 4.78 is 38.5. The van der Waals surface area contributed by atoms with Gasteiger partial charge in [-0.1, -0.05) is 25.0 Å². The number of benzene rings is 1. The van der Waals surface area contributed by atoms with Crippen LogP contribution in [0.4, 0.5) is 13.2 Å². The molecule has 7 heteroatoms. The third-order valence-corrected chi connectivity index (χ3v) is 4.29. The summed E-state index contributed by atoms with van der Waals surface area (Å²) in [6, 6.07) is 3.92. The summed E-state index contributed by atoms with van der Waals surface area (Å²) in [5, 5.41) is 11.2. The van der Waals surface area contributed by atoms with Crippen LogP contribution in [0.2, 0.25) is 0 Å². The van der Waals surface area contributed by atoms with Crippen molar-refractivity contribution >= 4 is 11.9 Å². The second-order valence-corrected chi connectivity index (χ2v) is 5.79. The number of hydrogen-bond donors (Lipinski definition) is 2. The van der Waals surface area contributed by atoms with Gasteiger partial charge in [0.2, 0.25) is 12.3 Å². The molecule has 1 amide bonds. The van der Waals surface area contributed by atoms with Gasteiger partial charge in [-0.05, 0) is 30.5 Å². The van der Waals surface area contributed by atoms with Gasteiger partial charge in [-0.3, -0.25) is 4.79 Å². The minimum absolute atomic E-state index is 0.434. The van der Waals surface area contributed by atoms with Gasteiger partial charge in [0.05, 0.1) is 5.41 Å². The van der Waals surface area contributed by atoms with Gasteiger partial charge < -0.3 is 10.4 Å². The second-order valence-electron chi connectivity index (χ2n) is 5.79. The van der Waals surface area contributed by atoms with Gasteiger partial charge >= 0.3 is 5.97 Å². The van der Waals surface area contributed by atoms with E-state index < -0.39 is 42.0 Å². The first-order valence-corrected chi connectivity index (χ1v) is 7.43. The van der Waals surface area contributed by atoms with Crippen molar-refractivity contribution in [3.05, 3.63) is 35.6 Å². The third kappa shape index (κ3) is 3.83. The van der Waals surface area contributed by atoms with Gasteiger partial charge in [-0.2, -0.15) is 0 Å². The SMILES string of the molecule is O=C(O)C(CC(F)F)NC(=O)C1(c2cccc(F)c2)CCCC1. The van der Waals surface area contributed by atoms with Crippen LogP contribution in [0.5, 0.6) is 0 Å². The molecular formula is C16H18F3NO3. The van der Waals surface area contributed by atoms with Crippen molar-refractivity contribution in [1.29, 1.82) is 0 Å². The zero-order valence-corrected chi connectivity index (χ0v) is 12.4. The molecule has 2 N–H and O–H groups in total. The summed E-state index contributed by atoms with van der Waals surface area (Å²) in [5.41, 5.74) is -0.605.